The number of phenolic OH excluding ortho intramolecular Hbond substituents is 2. The monoisotopic (exact) mass is 362 g/mol. The quantitative estimate of drug-likeness (QED) is 0.569. The zero-order valence-electron chi connectivity index (χ0n) is 16.5. The van der Waals surface area contributed by atoms with Crippen molar-refractivity contribution in [3.05, 3.63) is 58.7 Å². The number of benzene rings is 2. The normalized spacial score (nSPS) is 9.15. The Morgan fingerprint density at radius 1 is 0.731 bits per heavy atom. The molecular weight excluding hydrogens is 320 g/mol. The van der Waals surface area contributed by atoms with Crippen molar-refractivity contribution >= 4 is 0 Å². The maximum absolute atomic E-state index is 9.64. The molecule has 0 amide bonds. The summed E-state index contributed by atoms with van der Waals surface area (Å²) in [5, 5.41) is 18.9. The first-order valence-electron chi connectivity index (χ1n) is 8.82. The first kappa shape index (κ1) is 28.8. The van der Waals surface area contributed by atoms with Crippen molar-refractivity contribution in [3.63, 3.8) is 0 Å². The van der Waals surface area contributed by atoms with Crippen molar-refractivity contribution < 1.29 is 10.2 Å². The number of aromatic hydroxyl groups is 2. The van der Waals surface area contributed by atoms with E-state index in [0.29, 0.717) is 23.3 Å². The van der Waals surface area contributed by atoms with E-state index in [9.17, 15) is 10.2 Å². The van der Waals surface area contributed by atoms with E-state index in [0.717, 1.165) is 16.7 Å². The molecule has 150 valence electrons. The number of hydrogen-bond donors (Lipinski definition) is 2. The van der Waals surface area contributed by atoms with Gasteiger partial charge in [0, 0.05) is 0 Å². The van der Waals surface area contributed by atoms with E-state index in [-0.39, 0.29) is 14.9 Å². The van der Waals surface area contributed by atoms with Crippen LogP contribution < -0.4 is 0 Å². The Hall–Kier alpha value is -1.96. The van der Waals surface area contributed by atoms with Crippen LogP contribution in [-0.4, -0.2) is 10.2 Å². The van der Waals surface area contributed by atoms with Gasteiger partial charge in [-0.25, -0.2) is 0 Å². The third-order valence-electron chi connectivity index (χ3n) is 3.65. The Balaban J connectivity index is -0.000000350. The van der Waals surface area contributed by atoms with Gasteiger partial charge in [0.25, 0.3) is 0 Å². The SMILES string of the molecule is C.C.CC.CC(C)c1ccccc1O.Cc1cc(C)c(C(C)C)c(O)c1. The minimum atomic E-state index is 0. The van der Waals surface area contributed by atoms with Gasteiger partial charge in [0.05, 0.1) is 0 Å². The fraction of sp³-hybridized carbons (Fsp3) is 0.500. The van der Waals surface area contributed by atoms with Gasteiger partial charge in [0.15, 0.2) is 0 Å². The van der Waals surface area contributed by atoms with Crippen molar-refractivity contribution in [3.8, 4) is 11.5 Å². The molecule has 0 heterocycles. The molecule has 0 aromatic heterocycles. The summed E-state index contributed by atoms with van der Waals surface area (Å²) in [6.45, 7) is 16.4. The Kier molecular flexibility index (Phi) is 15.8. The Morgan fingerprint density at radius 2 is 1.23 bits per heavy atom. The van der Waals surface area contributed by atoms with Gasteiger partial charge >= 0.3 is 0 Å². The van der Waals surface area contributed by atoms with Crippen LogP contribution in [0.5, 0.6) is 11.5 Å². The van der Waals surface area contributed by atoms with Gasteiger partial charge in [-0.15, -0.1) is 0 Å². The fourth-order valence-corrected chi connectivity index (χ4v) is 2.68. The number of para-hydroxylation sites is 1. The molecule has 0 spiro atoms. The summed E-state index contributed by atoms with van der Waals surface area (Å²) >= 11 is 0. The molecule has 2 nitrogen and oxygen atoms in total. The summed E-state index contributed by atoms with van der Waals surface area (Å²) in [5.41, 5.74) is 4.39. The highest BCUT2D eigenvalue weighted by molar-refractivity contribution is 5.43. The van der Waals surface area contributed by atoms with Gasteiger partial charge in [-0.1, -0.05) is 80.7 Å². The molecule has 2 aromatic carbocycles. The molecule has 2 N–H and O–H groups in total. The lowest BCUT2D eigenvalue weighted by Crippen LogP contribution is -1.93. The lowest BCUT2D eigenvalue weighted by atomic mass is 9.95. The first-order chi connectivity index (χ1) is 11.2. The van der Waals surface area contributed by atoms with Crippen molar-refractivity contribution in [1.29, 1.82) is 0 Å². The molecular formula is C24H42O2. The third kappa shape index (κ3) is 8.94. The molecule has 0 saturated heterocycles. The number of phenols is 2. The molecule has 2 aromatic rings. The molecule has 0 aliphatic rings. The minimum Gasteiger partial charge on any atom is -0.508 e. The van der Waals surface area contributed by atoms with E-state index in [2.05, 4.69) is 33.8 Å². The number of aryl methyl sites for hydroxylation is 2. The van der Waals surface area contributed by atoms with Crippen LogP contribution in [0.3, 0.4) is 0 Å². The van der Waals surface area contributed by atoms with Gasteiger partial charge < -0.3 is 10.2 Å². The maximum atomic E-state index is 9.64. The molecule has 0 fully saturated rings. The fourth-order valence-electron chi connectivity index (χ4n) is 2.68. The van der Waals surface area contributed by atoms with Gasteiger partial charge in [-0.3, -0.25) is 0 Å². The van der Waals surface area contributed by atoms with Gasteiger partial charge in [0.1, 0.15) is 11.5 Å². The Labute approximate surface area is 162 Å². The third-order valence-corrected chi connectivity index (χ3v) is 3.65. The largest absolute Gasteiger partial charge is 0.508 e. The van der Waals surface area contributed by atoms with E-state index >= 15 is 0 Å². The van der Waals surface area contributed by atoms with Gasteiger partial charge in [0.2, 0.25) is 0 Å². The van der Waals surface area contributed by atoms with Crippen LogP contribution in [0.4, 0.5) is 0 Å². The zero-order chi connectivity index (χ0) is 18.9. The lowest BCUT2D eigenvalue weighted by Gasteiger charge is -2.12. The van der Waals surface area contributed by atoms with Crippen molar-refractivity contribution in [2.75, 3.05) is 0 Å². The predicted octanol–water partition coefficient (Wildman–Crippen LogP) is 7.95. The molecule has 2 heteroatoms. The van der Waals surface area contributed by atoms with Crippen LogP contribution in [0.25, 0.3) is 0 Å². The zero-order valence-corrected chi connectivity index (χ0v) is 16.5. The Morgan fingerprint density at radius 3 is 1.58 bits per heavy atom. The predicted molar refractivity (Wildman–Crippen MR) is 119 cm³/mol. The smallest absolute Gasteiger partial charge is 0.119 e. The number of hydrogen-bond acceptors (Lipinski definition) is 2. The van der Waals surface area contributed by atoms with E-state index in [1.807, 2.05) is 52.0 Å². The van der Waals surface area contributed by atoms with Gasteiger partial charge in [-0.05, 0) is 60.1 Å². The molecule has 26 heavy (non-hydrogen) atoms. The summed E-state index contributed by atoms with van der Waals surface area (Å²) in [5.74, 6) is 1.63. The molecule has 0 radical (unpaired) electrons. The second kappa shape index (κ2) is 14.2. The van der Waals surface area contributed by atoms with Crippen LogP contribution in [0.2, 0.25) is 0 Å². The highest BCUT2D eigenvalue weighted by Gasteiger charge is 2.09. The summed E-state index contributed by atoms with van der Waals surface area (Å²) in [7, 11) is 0. The summed E-state index contributed by atoms with van der Waals surface area (Å²) < 4.78 is 0. The van der Waals surface area contributed by atoms with Gasteiger partial charge in [-0.2, -0.15) is 0 Å². The van der Waals surface area contributed by atoms with Crippen LogP contribution in [0.15, 0.2) is 36.4 Å². The lowest BCUT2D eigenvalue weighted by molar-refractivity contribution is 0.463. The summed E-state index contributed by atoms with van der Waals surface area (Å²) in [6.07, 6.45) is 0. The highest BCUT2D eigenvalue weighted by Crippen LogP contribution is 2.29. The molecule has 0 saturated carbocycles. The van der Waals surface area contributed by atoms with Crippen LogP contribution in [0, 0.1) is 13.8 Å². The van der Waals surface area contributed by atoms with Crippen LogP contribution in [-0.2, 0) is 0 Å². The van der Waals surface area contributed by atoms with E-state index in [1.54, 1.807) is 6.07 Å². The first-order valence-corrected chi connectivity index (χ1v) is 8.82. The van der Waals surface area contributed by atoms with Crippen molar-refractivity contribution in [2.45, 2.75) is 82.1 Å². The molecule has 2 rings (SSSR count). The van der Waals surface area contributed by atoms with Crippen molar-refractivity contribution in [2.24, 2.45) is 0 Å². The van der Waals surface area contributed by atoms with E-state index < -0.39 is 0 Å². The summed E-state index contributed by atoms with van der Waals surface area (Å²) in [6, 6.07) is 11.4. The minimum absolute atomic E-state index is 0. The molecule has 0 aliphatic carbocycles. The van der Waals surface area contributed by atoms with Crippen LogP contribution >= 0.6 is 0 Å². The number of rotatable bonds is 2. The summed E-state index contributed by atoms with van der Waals surface area (Å²) in [4.78, 5) is 0. The topological polar surface area (TPSA) is 40.5 Å². The average Bonchev–Trinajstić information content (AvgIpc) is 2.48. The van der Waals surface area contributed by atoms with E-state index in [1.165, 1.54) is 5.56 Å². The second-order valence-corrected chi connectivity index (χ2v) is 6.38. The van der Waals surface area contributed by atoms with Crippen molar-refractivity contribution in [1.82, 2.24) is 0 Å². The Bertz CT molecular complexity index is 590. The molecule has 0 atom stereocenters. The van der Waals surface area contributed by atoms with Crippen LogP contribution in [0.1, 0.15) is 90.5 Å². The second-order valence-electron chi connectivity index (χ2n) is 6.38. The van der Waals surface area contributed by atoms with E-state index in [4.69, 9.17) is 0 Å². The molecule has 0 unspecified atom stereocenters. The molecule has 0 bridgehead atoms. The highest BCUT2D eigenvalue weighted by atomic mass is 16.3. The standard InChI is InChI=1S/C11H16O.C9H12O.C2H6.2CH4/c1-7(2)11-9(4)5-8(3)6-10(11)12;1-7(2)8-5-3-4-6-9(8)10;1-2;;/h5-7,12H,1-4H3;3-7,10H,1-2H3;1-2H3;2*1H4. The molecule has 0 aliphatic heterocycles. The maximum Gasteiger partial charge on any atom is 0.119 e. The average molecular weight is 363 g/mol.